The van der Waals surface area contributed by atoms with Gasteiger partial charge in [0, 0.05) is 9.78 Å². The third kappa shape index (κ3) is 2.17. The third-order valence-corrected chi connectivity index (χ3v) is 2.80. The van der Waals surface area contributed by atoms with Crippen LogP contribution in [-0.4, -0.2) is 24.0 Å². The Morgan fingerprint density at radius 3 is 3.20 bits per heavy atom. The van der Waals surface area contributed by atoms with Gasteiger partial charge in [0.15, 0.2) is 0 Å². The molecular weight excluding hydrogens is 307 g/mol. The molecule has 0 bridgehead atoms. The lowest BCUT2D eigenvalue weighted by atomic mass is 10.3. The van der Waals surface area contributed by atoms with Crippen molar-refractivity contribution in [3.8, 4) is 0 Å². The zero-order valence-corrected chi connectivity index (χ0v) is 10.4. The van der Waals surface area contributed by atoms with E-state index >= 15 is 0 Å². The Morgan fingerprint density at radius 1 is 1.67 bits per heavy atom. The first-order chi connectivity index (χ1) is 7.20. The van der Waals surface area contributed by atoms with Crippen LogP contribution in [0.5, 0.6) is 0 Å². The highest BCUT2D eigenvalue weighted by Gasteiger charge is 2.24. The topological polar surface area (TPSA) is 41.6 Å². The maximum absolute atomic E-state index is 11.4. The molecule has 0 saturated carbocycles. The molecule has 0 unspecified atom stereocenters. The molecular formula is C10H11IN2O2. The second-order valence-electron chi connectivity index (χ2n) is 3.18. The second kappa shape index (κ2) is 4.26. The highest BCUT2D eigenvalue weighted by molar-refractivity contribution is 14.1. The maximum atomic E-state index is 11.4. The number of ether oxygens (including phenoxy) is 1. The first-order valence-corrected chi connectivity index (χ1v) is 5.77. The molecule has 0 amide bonds. The van der Waals surface area contributed by atoms with Crippen molar-refractivity contribution < 1.29 is 9.53 Å². The number of hydrogen-bond donors (Lipinski definition) is 1. The monoisotopic (exact) mass is 318 g/mol. The predicted octanol–water partition coefficient (Wildman–Crippen LogP) is 1.47. The van der Waals surface area contributed by atoms with Crippen molar-refractivity contribution in [3.05, 3.63) is 33.4 Å². The zero-order chi connectivity index (χ0) is 10.8. The van der Waals surface area contributed by atoms with Gasteiger partial charge in [0.2, 0.25) is 0 Å². The van der Waals surface area contributed by atoms with E-state index in [1.54, 1.807) is 13.1 Å². The van der Waals surface area contributed by atoms with Crippen molar-refractivity contribution in [1.29, 1.82) is 0 Å². The van der Waals surface area contributed by atoms with E-state index in [-0.39, 0.29) is 5.97 Å². The molecule has 2 heterocycles. The largest absolute Gasteiger partial charge is 0.461 e. The van der Waals surface area contributed by atoms with Crippen LogP contribution < -0.4 is 5.32 Å². The molecule has 0 atom stereocenters. The molecule has 0 aromatic carbocycles. The summed E-state index contributed by atoms with van der Waals surface area (Å²) in [6, 6.07) is 0. The lowest BCUT2D eigenvalue weighted by Gasteiger charge is -2.19. The lowest BCUT2D eigenvalue weighted by molar-refractivity contribution is -0.138. The Hall–Kier alpha value is -0.980. The standard InChI is InChI=1S/C10H11IN2O2/c1-2-15-10(14)8-6-13-5-7(11)3-4-9(13)12-8/h3-4,6,12H,2,5H2,1H3. The molecule has 2 rings (SSSR count). The number of nitrogens with one attached hydrogen (secondary N) is 1. The molecule has 0 spiro atoms. The van der Waals surface area contributed by atoms with Crippen LogP contribution in [0.25, 0.3) is 0 Å². The quantitative estimate of drug-likeness (QED) is 0.618. The molecule has 0 aromatic heterocycles. The zero-order valence-electron chi connectivity index (χ0n) is 8.29. The number of esters is 1. The molecule has 2 aliphatic heterocycles. The number of fused-ring (bicyclic) bond motifs is 1. The number of hydrogen-bond acceptors (Lipinski definition) is 4. The Bertz CT molecular complexity index is 385. The molecule has 15 heavy (non-hydrogen) atoms. The summed E-state index contributed by atoms with van der Waals surface area (Å²) in [6.45, 7) is 3.00. The van der Waals surface area contributed by atoms with Gasteiger partial charge in [0.05, 0.1) is 13.2 Å². The van der Waals surface area contributed by atoms with E-state index in [1.165, 1.54) is 3.58 Å². The molecule has 0 radical (unpaired) electrons. The molecule has 0 saturated heterocycles. The summed E-state index contributed by atoms with van der Waals surface area (Å²) in [5, 5.41) is 3.02. The van der Waals surface area contributed by atoms with E-state index in [1.807, 2.05) is 17.1 Å². The average Bonchev–Trinajstić information content (AvgIpc) is 2.60. The van der Waals surface area contributed by atoms with Crippen LogP contribution >= 0.6 is 22.6 Å². The normalized spacial score (nSPS) is 18.5. The summed E-state index contributed by atoms with van der Waals surface area (Å²) < 4.78 is 6.15. The second-order valence-corrected chi connectivity index (χ2v) is 4.57. The molecule has 0 aromatic rings. The van der Waals surface area contributed by atoms with E-state index in [2.05, 4.69) is 27.9 Å². The van der Waals surface area contributed by atoms with Crippen molar-refractivity contribution in [1.82, 2.24) is 10.2 Å². The molecule has 0 aliphatic carbocycles. The Balaban J connectivity index is 2.10. The summed E-state index contributed by atoms with van der Waals surface area (Å²) in [5.41, 5.74) is 0.502. The fourth-order valence-corrected chi connectivity index (χ4v) is 1.98. The van der Waals surface area contributed by atoms with Gasteiger partial charge in [-0.05, 0) is 41.7 Å². The van der Waals surface area contributed by atoms with E-state index in [0.717, 1.165) is 12.4 Å². The average molecular weight is 318 g/mol. The van der Waals surface area contributed by atoms with Crippen molar-refractivity contribution >= 4 is 28.6 Å². The van der Waals surface area contributed by atoms with E-state index in [9.17, 15) is 4.79 Å². The van der Waals surface area contributed by atoms with Gasteiger partial charge in [-0.2, -0.15) is 0 Å². The van der Waals surface area contributed by atoms with Crippen molar-refractivity contribution in [2.24, 2.45) is 0 Å². The molecule has 4 nitrogen and oxygen atoms in total. The van der Waals surface area contributed by atoms with Gasteiger partial charge in [-0.25, -0.2) is 4.79 Å². The van der Waals surface area contributed by atoms with E-state index in [0.29, 0.717) is 12.3 Å². The lowest BCUT2D eigenvalue weighted by Crippen LogP contribution is -2.23. The minimum atomic E-state index is -0.303. The van der Waals surface area contributed by atoms with Gasteiger partial charge in [0.25, 0.3) is 0 Å². The summed E-state index contributed by atoms with van der Waals surface area (Å²) in [6.07, 6.45) is 5.77. The fourth-order valence-electron chi connectivity index (χ4n) is 1.43. The van der Waals surface area contributed by atoms with Crippen LogP contribution in [0.4, 0.5) is 0 Å². The van der Waals surface area contributed by atoms with Gasteiger partial charge in [-0.15, -0.1) is 0 Å². The van der Waals surface area contributed by atoms with Crippen LogP contribution in [-0.2, 0) is 9.53 Å². The predicted molar refractivity (Wildman–Crippen MR) is 64.7 cm³/mol. The Labute approximate surface area is 102 Å². The van der Waals surface area contributed by atoms with Gasteiger partial charge < -0.3 is 15.0 Å². The molecule has 2 aliphatic rings. The molecule has 1 N–H and O–H groups in total. The SMILES string of the molecule is CCOC(=O)C1=CN2CC(I)=CC=C2N1. The number of rotatable bonds is 2. The summed E-state index contributed by atoms with van der Waals surface area (Å²) in [5.74, 6) is 0.626. The number of halogens is 1. The van der Waals surface area contributed by atoms with Crippen molar-refractivity contribution in [2.45, 2.75) is 6.92 Å². The third-order valence-electron chi connectivity index (χ3n) is 2.10. The highest BCUT2D eigenvalue weighted by atomic mass is 127. The Morgan fingerprint density at radius 2 is 2.47 bits per heavy atom. The molecule has 5 heteroatoms. The van der Waals surface area contributed by atoms with Crippen LogP contribution in [0.1, 0.15) is 6.92 Å². The molecule has 0 fully saturated rings. The van der Waals surface area contributed by atoms with Gasteiger partial charge in [-0.3, -0.25) is 0 Å². The van der Waals surface area contributed by atoms with Crippen LogP contribution in [0.2, 0.25) is 0 Å². The number of carbonyl (C=O) groups excluding carboxylic acids is 1. The first-order valence-electron chi connectivity index (χ1n) is 4.69. The van der Waals surface area contributed by atoms with Crippen LogP contribution in [0, 0.1) is 0 Å². The Kier molecular flexibility index (Phi) is 2.99. The minimum absolute atomic E-state index is 0.303. The fraction of sp³-hybridized carbons (Fsp3) is 0.300. The smallest absolute Gasteiger partial charge is 0.356 e. The highest BCUT2D eigenvalue weighted by Crippen LogP contribution is 2.23. The number of nitrogens with zero attached hydrogens (tertiary/aromatic N) is 1. The maximum Gasteiger partial charge on any atom is 0.356 e. The van der Waals surface area contributed by atoms with Gasteiger partial charge in [-0.1, -0.05) is 0 Å². The van der Waals surface area contributed by atoms with Crippen LogP contribution in [0.15, 0.2) is 33.4 Å². The van der Waals surface area contributed by atoms with Crippen molar-refractivity contribution in [3.63, 3.8) is 0 Å². The number of allylic oxidation sites excluding steroid dienone is 2. The molecule has 80 valence electrons. The summed E-state index contributed by atoms with van der Waals surface area (Å²) in [7, 11) is 0. The van der Waals surface area contributed by atoms with E-state index < -0.39 is 0 Å². The van der Waals surface area contributed by atoms with Gasteiger partial charge in [0.1, 0.15) is 11.5 Å². The van der Waals surface area contributed by atoms with Crippen LogP contribution in [0.3, 0.4) is 0 Å². The van der Waals surface area contributed by atoms with Gasteiger partial charge >= 0.3 is 5.97 Å². The summed E-state index contributed by atoms with van der Waals surface area (Å²) in [4.78, 5) is 13.4. The van der Waals surface area contributed by atoms with Crippen molar-refractivity contribution in [2.75, 3.05) is 13.2 Å². The first kappa shape index (κ1) is 10.5. The van der Waals surface area contributed by atoms with E-state index in [4.69, 9.17) is 4.74 Å². The summed E-state index contributed by atoms with van der Waals surface area (Å²) >= 11 is 2.28. The minimum Gasteiger partial charge on any atom is -0.461 e. The number of carbonyl (C=O) groups is 1.